The molecule has 2 nitrogen and oxygen atoms in total. The highest BCUT2D eigenvalue weighted by atomic mass is 19.4. The van der Waals surface area contributed by atoms with E-state index < -0.39 is 56.3 Å². The van der Waals surface area contributed by atoms with E-state index in [0.29, 0.717) is 0 Å². The number of rotatable bonds is 8. The Kier molecular flexibility index (Phi) is 6.76. The number of alkyl halides is 7. The third-order valence-corrected chi connectivity index (χ3v) is 2.44. The summed E-state index contributed by atoms with van der Waals surface area (Å²) in [5, 5.41) is 0. The zero-order chi connectivity index (χ0) is 16.0. The van der Waals surface area contributed by atoms with Crippen molar-refractivity contribution in [3.8, 4) is 0 Å². The van der Waals surface area contributed by atoms with Gasteiger partial charge in [0.25, 0.3) is 0 Å². The van der Waals surface area contributed by atoms with E-state index in [1.807, 2.05) is 0 Å². The van der Waals surface area contributed by atoms with Crippen LogP contribution >= 0.6 is 0 Å². The van der Waals surface area contributed by atoms with Crippen molar-refractivity contribution in [2.24, 2.45) is 0 Å². The van der Waals surface area contributed by atoms with E-state index in [4.69, 9.17) is 0 Å². The Morgan fingerprint density at radius 1 is 0.900 bits per heavy atom. The van der Waals surface area contributed by atoms with Gasteiger partial charge in [-0.15, -0.1) is 0 Å². The lowest BCUT2D eigenvalue weighted by molar-refractivity contribution is -0.231. The fraction of sp³-hybridized carbons (Fsp3) is 0.909. The molecular formula is C11H15F7O2. The molecule has 20 heavy (non-hydrogen) atoms. The van der Waals surface area contributed by atoms with Crippen molar-refractivity contribution < 1.29 is 40.3 Å². The van der Waals surface area contributed by atoms with Crippen molar-refractivity contribution in [3.63, 3.8) is 0 Å². The van der Waals surface area contributed by atoms with Gasteiger partial charge in [0.05, 0.1) is 6.61 Å². The van der Waals surface area contributed by atoms with Crippen molar-refractivity contribution in [1.29, 1.82) is 0 Å². The Hall–Kier alpha value is -1.02. The SMILES string of the molecule is CCC(=O)OCCCC(F)(F)C(F)(F)CCC(F)(F)F. The van der Waals surface area contributed by atoms with Crippen LogP contribution in [-0.4, -0.2) is 30.6 Å². The average Bonchev–Trinajstić information content (AvgIpc) is 2.31. The number of ether oxygens (including phenoxy) is 1. The number of hydrogen-bond acceptors (Lipinski definition) is 2. The molecule has 0 aliphatic carbocycles. The fourth-order valence-corrected chi connectivity index (χ4v) is 1.25. The summed E-state index contributed by atoms with van der Waals surface area (Å²) in [5.41, 5.74) is 0. The van der Waals surface area contributed by atoms with Crippen molar-refractivity contribution in [3.05, 3.63) is 0 Å². The Morgan fingerprint density at radius 2 is 1.40 bits per heavy atom. The molecule has 0 aromatic carbocycles. The van der Waals surface area contributed by atoms with Crippen LogP contribution in [0.4, 0.5) is 30.7 Å². The van der Waals surface area contributed by atoms with Gasteiger partial charge in [-0.1, -0.05) is 6.92 Å². The highest BCUT2D eigenvalue weighted by Crippen LogP contribution is 2.42. The van der Waals surface area contributed by atoms with Crippen LogP contribution in [0.5, 0.6) is 0 Å². The Morgan fingerprint density at radius 3 is 1.85 bits per heavy atom. The molecule has 9 heteroatoms. The highest BCUT2D eigenvalue weighted by Gasteiger charge is 2.56. The molecule has 0 heterocycles. The van der Waals surface area contributed by atoms with Gasteiger partial charge in [0, 0.05) is 25.7 Å². The summed E-state index contributed by atoms with van der Waals surface area (Å²) < 4.78 is 92.0. The third kappa shape index (κ3) is 6.95. The molecule has 0 spiro atoms. The molecule has 120 valence electrons. The maximum Gasteiger partial charge on any atom is 0.389 e. The predicted octanol–water partition coefficient (Wildman–Crippen LogP) is 4.33. The van der Waals surface area contributed by atoms with Crippen LogP contribution in [0.15, 0.2) is 0 Å². The average molecular weight is 312 g/mol. The lowest BCUT2D eigenvalue weighted by atomic mass is 10.0. The maximum absolute atomic E-state index is 13.1. The highest BCUT2D eigenvalue weighted by molar-refractivity contribution is 5.68. The number of carbonyl (C=O) groups is 1. The van der Waals surface area contributed by atoms with E-state index in [1.54, 1.807) is 0 Å². The Bertz CT molecular complexity index is 312. The number of hydrogen-bond donors (Lipinski definition) is 0. The molecule has 0 aliphatic heterocycles. The first-order valence-corrected chi connectivity index (χ1v) is 5.89. The molecular weight excluding hydrogens is 297 g/mol. The molecule has 0 saturated carbocycles. The minimum absolute atomic E-state index is 0.0120. The topological polar surface area (TPSA) is 26.3 Å². The van der Waals surface area contributed by atoms with E-state index >= 15 is 0 Å². The van der Waals surface area contributed by atoms with E-state index in [0.717, 1.165) is 0 Å². The van der Waals surface area contributed by atoms with Crippen LogP contribution in [0.3, 0.4) is 0 Å². The first-order valence-electron chi connectivity index (χ1n) is 5.89. The number of halogens is 7. The van der Waals surface area contributed by atoms with E-state index in [2.05, 4.69) is 4.74 Å². The summed E-state index contributed by atoms with van der Waals surface area (Å²) in [6.45, 7) is 0.986. The summed E-state index contributed by atoms with van der Waals surface area (Å²) in [6.07, 6.45) is -10.8. The summed E-state index contributed by atoms with van der Waals surface area (Å²) in [7, 11) is 0. The summed E-state index contributed by atoms with van der Waals surface area (Å²) >= 11 is 0. The smallest absolute Gasteiger partial charge is 0.389 e. The second-order valence-corrected chi connectivity index (χ2v) is 4.20. The Balaban J connectivity index is 4.28. The quantitative estimate of drug-likeness (QED) is 0.379. The monoisotopic (exact) mass is 312 g/mol. The second-order valence-electron chi connectivity index (χ2n) is 4.20. The molecule has 0 fully saturated rings. The summed E-state index contributed by atoms with van der Waals surface area (Å²) in [4.78, 5) is 10.7. The van der Waals surface area contributed by atoms with E-state index in [-0.39, 0.29) is 6.42 Å². The van der Waals surface area contributed by atoms with Gasteiger partial charge in [0.1, 0.15) is 0 Å². The van der Waals surface area contributed by atoms with Gasteiger partial charge in [0.2, 0.25) is 0 Å². The van der Waals surface area contributed by atoms with E-state index in [1.165, 1.54) is 6.92 Å². The fourth-order valence-electron chi connectivity index (χ4n) is 1.25. The maximum atomic E-state index is 13.1. The minimum atomic E-state index is -4.92. The number of esters is 1. The first-order chi connectivity index (χ1) is 8.91. The zero-order valence-electron chi connectivity index (χ0n) is 10.7. The molecule has 0 rings (SSSR count). The summed E-state index contributed by atoms with van der Waals surface area (Å²) in [5.74, 6) is -9.99. The molecule has 0 amide bonds. The predicted molar refractivity (Wildman–Crippen MR) is 55.7 cm³/mol. The molecule has 0 unspecified atom stereocenters. The Labute approximate surface area is 111 Å². The molecule has 0 atom stereocenters. The molecule has 0 radical (unpaired) electrons. The van der Waals surface area contributed by atoms with Crippen LogP contribution in [-0.2, 0) is 9.53 Å². The normalized spacial score (nSPS) is 13.4. The van der Waals surface area contributed by atoms with Crippen LogP contribution < -0.4 is 0 Å². The van der Waals surface area contributed by atoms with Gasteiger partial charge < -0.3 is 4.74 Å². The molecule has 0 N–H and O–H groups in total. The number of carbonyl (C=O) groups excluding carboxylic acids is 1. The van der Waals surface area contributed by atoms with Crippen LogP contribution in [0.1, 0.15) is 39.0 Å². The van der Waals surface area contributed by atoms with Crippen LogP contribution in [0, 0.1) is 0 Å². The minimum Gasteiger partial charge on any atom is -0.466 e. The van der Waals surface area contributed by atoms with Gasteiger partial charge in [-0.25, -0.2) is 0 Å². The van der Waals surface area contributed by atoms with Crippen molar-refractivity contribution >= 4 is 5.97 Å². The van der Waals surface area contributed by atoms with Crippen molar-refractivity contribution in [2.75, 3.05) is 6.61 Å². The van der Waals surface area contributed by atoms with Crippen LogP contribution in [0.2, 0.25) is 0 Å². The van der Waals surface area contributed by atoms with Gasteiger partial charge in [-0.3, -0.25) is 4.79 Å². The first kappa shape index (κ1) is 19.0. The summed E-state index contributed by atoms with van der Waals surface area (Å²) in [6, 6.07) is 0. The van der Waals surface area contributed by atoms with Gasteiger partial charge in [-0.05, 0) is 6.42 Å². The molecule has 0 bridgehead atoms. The van der Waals surface area contributed by atoms with E-state index in [9.17, 15) is 35.5 Å². The molecule has 0 aromatic heterocycles. The van der Waals surface area contributed by atoms with Gasteiger partial charge in [0.15, 0.2) is 0 Å². The standard InChI is InChI=1S/C11H15F7O2/c1-2-8(19)20-7-3-4-9(12,13)10(14,15)5-6-11(16,17)18/h2-7H2,1H3. The third-order valence-electron chi connectivity index (χ3n) is 2.44. The second kappa shape index (κ2) is 7.12. The van der Waals surface area contributed by atoms with Crippen molar-refractivity contribution in [2.45, 2.75) is 57.0 Å². The lowest BCUT2D eigenvalue weighted by Crippen LogP contribution is -2.41. The molecule has 0 saturated heterocycles. The zero-order valence-corrected chi connectivity index (χ0v) is 10.7. The lowest BCUT2D eigenvalue weighted by Gasteiger charge is -2.26. The van der Waals surface area contributed by atoms with Gasteiger partial charge >= 0.3 is 24.0 Å². The van der Waals surface area contributed by atoms with Crippen molar-refractivity contribution in [1.82, 2.24) is 0 Å². The molecule has 0 aliphatic rings. The largest absolute Gasteiger partial charge is 0.466 e. The molecule has 0 aromatic rings. The van der Waals surface area contributed by atoms with Gasteiger partial charge in [-0.2, -0.15) is 30.7 Å². The van der Waals surface area contributed by atoms with Crippen LogP contribution in [0.25, 0.3) is 0 Å².